The maximum absolute atomic E-state index is 15.6. The zero-order valence-electron chi connectivity index (χ0n) is 26.2. The molecule has 2 saturated heterocycles. The molecule has 10 nitrogen and oxygen atoms in total. The Morgan fingerprint density at radius 3 is 2.67 bits per heavy atom. The van der Waals surface area contributed by atoms with Gasteiger partial charge in [-0.05, 0) is 18.2 Å². The average Bonchev–Trinajstić information content (AvgIpc) is 3.42. The number of fused-ring (bicyclic) bond motifs is 1. The molecule has 2 aliphatic rings. The van der Waals surface area contributed by atoms with Crippen LogP contribution in [-0.4, -0.2) is 71.5 Å². The fraction of sp³-hybridized carbons (Fsp3) is 0.382. The van der Waals surface area contributed by atoms with Gasteiger partial charge in [0.25, 0.3) is 0 Å². The molecule has 2 aromatic carbocycles. The summed E-state index contributed by atoms with van der Waals surface area (Å²) in [4.78, 5) is 24.2. The molecule has 12 heteroatoms. The first-order valence-electron chi connectivity index (χ1n) is 15.5. The molecule has 2 fully saturated rings. The molecule has 2 N–H and O–H groups in total. The van der Waals surface area contributed by atoms with E-state index in [1.165, 1.54) is 12.4 Å². The van der Waals surface area contributed by atoms with Crippen LogP contribution in [0.3, 0.4) is 0 Å². The van der Waals surface area contributed by atoms with E-state index in [0.717, 1.165) is 24.8 Å². The second kappa shape index (κ2) is 13.2. The van der Waals surface area contributed by atoms with Gasteiger partial charge in [-0.1, -0.05) is 18.2 Å². The van der Waals surface area contributed by atoms with Crippen molar-refractivity contribution in [2.24, 2.45) is 0 Å². The van der Waals surface area contributed by atoms with E-state index in [1.54, 1.807) is 33.8 Å². The number of halogens is 1. The topological polar surface area (TPSA) is 132 Å². The first kappa shape index (κ1) is 31.7. The van der Waals surface area contributed by atoms with E-state index < -0.39 is 20.5 Å². The minimum absolute atomic E-state index is 0.177. The van der Waals surface area contributed by atoms with Gasteiger partial charge in [-0.2, -0.15) is 0 Å². The molecule has 0 radical (unpaired) electrons. The molecule has 0 aliphatic carbocycles. The molecule has 2 atom stereocenters. The van der Waals surface area contributed by atoms with Crippen molar-refractivity contribution in [2.45, 2.75) is 53.8 Å². The van der Waals surface area contributed by atoms with E-state index in [1.807, 2.05) is 24.3 Å². The average molecular weight is 686 g/mol. The third-order valence-electron chi connectivity index (χ3n) is 8.71. The van der Waals surface area contributed by atoms with E-state index >= 15 is 4.39 Å². The fourth-order valence-electron chi connectivity index (χ4n) is 6.44. The molecule has 6 rings (SSSR count). The monoisotopic (exact) mass is 685 g/mol. The number of para-hydroxylation sites is 1. The Morgan fingerprint density at radius 1 is 1.22 bits per heavy atom. The Kier molecular flexibility index (Phi) is 9.12. The van der Waals surface area contributed by atoms with E-state index in [2.05, 4.69) is 36.8 Å². The summed E-state index contributed by atoms with van der Waals surface area (Å²) in [5, 5.41) is 16.5. The SMILES string of the molecule is CC[As](C1COC1)C(C)(C)C=C(C#N)C(=O)N1CCC[C@@H](n2nc(-c3ccc(Oc4ccccc4)cc3F)c3c(N)ncnc32)C1. The van der Waals surface area contributed by atoms with Crippen LogP contribution in [0, 0.1) is 17.1 Å². The van der Waals surface area contributed by atoms with Gasteiger partial charge in [0.05, 0.1) is 0 Å². The Balaban J connectivity index is 1.28. The molecule has 46 heavy (non-hydrogen) atoms. The van der Waals surface area contributed by atoms with Crippen molar-refractivity contribution in [3.8, 4) is 28.8 Å². The van der Waals surface area contributed by atoms with E-state index in [4.69, 9.17) is 20.3 Å². The van der Waals surface area contributed by atoms with Gasteiger partial charge in [0.15, 0.2) is 0 Å². The number of nitriles is 1. The van der Waals surface area contributed by atoms with Crippen molar-refractivity contribution >= 4 is 37.4 Å². The van der Waals surface area contributed by atoms with Gasteiger partial charge in [-0.15, -0.1) is 0 Å². The van der Waals surface area contributed by atoms with Gasteiger partial charge in [-0.3, -0.25) is 0 Å². The first-order valence-corrected chi connectivity index (χ1v) is 18.8. The number of nitrogens with zero attached hydrogens (tertiary/aromatic N) is 6. The predicted octanol–water partition coefficient (Wildman–Crippen LogP) is 6.32. The second-order valence-electron chi connectivity index (χ2n) is 12.2. The van der Waals surface area contributed by atoms with E-state index in [-0.39, 0.29) is 33.1 Å². The number of rotatable bonds is 9. The number of carbonyl (C=O) groups is 1. The molecule has 2 aliphatic heterocycles. The fourth-order valence-corrected chi connectivity index (χ4v) is 13.0. The summed E-state index contributed by atoms with van der Waals surface area (Å²) in [5.74, 6) is 0.318. The van der Waals surface area contributed by atoms with Crippen LogP contribution in [0.2, 0.25) is 14.1 Å². The molecular formula is C34H37AsFN7O3. The molecule has 0 saturated carbocycles. The Hall–Kier alpha value is -4.26. The van der Waals surface area contributed by atoms with Gasteiger partial charge in [-0.25, -0.2) is 4.39 Å². The van der Waals surface area contributed by atoms with Crippen LogP contribution < -0.4 is 10.5 Å². The molecular weight excluding hydrogens is 648 g/mol. The Morgan fingerprint density at radius 2 is 2.00 bits per heavy atom. The molecule has 4 heterocycles. The summed E-state index contributed by atoms with van der Waals surface area (Å²) < 4.78 is 29.0. The van der Waals surface area contributed by atoms with Crippen LogP contribution in [-0.2, 0) is 9.53 Å². The molecule has 2 aromatic heterocycles. The molecule has 1 unspecified atom stereocenters. The molecule has 0 spiro atoms. The number of amides is 1. The minimum atomic E-state index is -1.41. The number of benzene rings is 2. The first-order chi connectivity index (χ1) is 22.2. The standard InChI is InChI=1S/C34H37AsFN7O3/c1-4-35(23-19-45-20-23)34(2,3)16-22(17-37)33(44)42-14-8-9-24(18-42)43-32-29(31(38)39-21-40-32)30(41-43)27-13-12-26(15-28(27)36)46-25-10-6-5-7-11-25/h5-7,10-13,15-16,21,23-24H,4,8-9,14,18-20H2,1-3H3,(H2,38,39,40)/t24-,35?/m1/s1. The number of nitrogens with two attached hydrogens (primary N) is 1. The quantitative estimate of drug-likeness (QED) is 0.123. The van der Waals surface area contributed by atoms with Crippen LogP contribution >= 0.6 is 0 Å². The number of hydrogen-bond donors (Lipinski definition) is 1. The van der Waals surface area contributed by atoms with Crippen LogP contribution in [0.25, 0.3) is 22.3 Å². The van der Waals surface area contributed by atoms with Gasteiger partial charge >= 0.3 is 210 Å². The van der Waals surface area contributed by atoms with Crippen LogP contribution in [0.5, 0.6) is 11.5 Å². The molecule has 0 bridgehead atoms. The maximum atomic E-state index is 15.6. The third kappa shape index (κ3) is 6.24. The number of piperidine rings is 1. The number of allylic oxidation sites excluding steroid dienone is 1. The predicted molar refractivity (Wildman–Crippen MR) is 175 cm³/mol. The van der Waals surface area contributed by atoms with Gasteiger partial charge < -0.3 is 4.74 Å². The number of carbonyl (C=O) groups excluding carboxylic acids is 1. The van der Waals surface area contributed by atoms with Crippen molar-refractivity contribution < 1.29 is 18.7 Å². The summed E-state index contributed by atoms with van der Waals surface area (Å²) >= 11 is -1.41. The summed E-state index contributed by atoms with van der Waals surface area (Å²) in [6, 6.07) is 15.7. The number of aromatic nitrogens is 4. The summed E-state index contributed by atoms with van der Waals surface area (Å²) in [6.07, 6.45) is 4.70. The summed E-state index contributed by atoms with van der Waals surface area (Å²) in [7, 11) is 0. The van der Waals surface area contributed by atoms with Crippen molar-refractivity contribution in [2.75, 3.05) is 32.0 Å². The third-order valence-corrected chi connectivity index (χ3v) is 16.0. The number of nitrogen functional groups attached to an aromatic ring is 1. The van der Waals surface area contributed by atoms with E-state index in [0.29, 0.717) is 52.4 Å². The normalized spacial score (nSPS) is 18.2. The van der Waals surface area contributed by atoms with Crippen molar-refractivity contribution in [3.63, 3.8) is 0 Å². The number of ether oxygens (including phenoxy) is 2. The number of anilines is 1. The Bertz CT molecular complexity index is 1820. The number of hydrogen-bond acceptors (Lipinski definition) is 8. The van der Waals surface area contributed by atoms with Crippen LogP contribution in [0.4, 0.5) is 10.2 Å². The van der Waals surface area contributed by atoms with Crippen LogP contribution in [0.15, 0.2) is 66.5 Å². The molecule has 1 amide bonds. The van der Waals surface area contributed by atoms with Gasteiger partial charge in [0, 0.05) is 6.07 Å². The summed E-state index contributed by atoms with van der Waals surface area (Å²) in [6.45, 7) is 8.92. The second-order valence-corrected chi connectivity index (χ2v) is 19.4. The zero-order chi connectivity index (χ0) is 32.4. The Labute approximate surface area is 272 Å². The van der Waals surface area contributed by atoms with Crippen molar-refractivity contribution in [1.82, 2.24) is 24.6 Å². The summed E-state index contributed by atoms with van der Waals surface area (Å²) in [5.41, 5.74) is 7.51. The number of likely N-dealkylation sites (tertiary alicyclic amines) is 1. The van der Waals surface area contributed by atoms with Gasteiger partial charge in [0.1, 0.15) is 11.5 Å². The molecule has 238 valence electrons. The van der Waals surface area contributed by atoms with Gasteiger partial charge in [0.2, 0.25) is 0 Å². The van der Waals surface area contributed by atoms with E-state index in [9.17, 15) is 10.1 Å². The van der Waals surface area contributed by atoms with Crippen molar-refractivity contribution in [1.29, 1.82) is 5.26 Å². The zero-order valence-corrected chi connectivity index (χ0v) is 28.1. The van der Waals surface area contributed by atoms with Crippen LogP contribution in [0.1, 0.15) is 39.7 Å². The van der Waals surface area contributed by atoms with Crippen molar-refractivity contribution in [3.05, 3.63) is 72.3 Å². The molecule has 4 aromatic rings.